The van der Waals surface area contributed by atoms with E-state index in [1.807, 2.05) is 6.92 Å². The molecule has 0 aromatic rings. The Morgan fingerprint density at radius 1 is 1.15 bits per heavy atom. The Morgan fingerprint density at radius 2 is 1.75 bits per heavy atom. The third kappa shape index (κ3) is 5.16. The lowest BCUT2D eigenvalue weighted by Gasteiger charge is -2.34. The average molecular weight is 322 g/mol. The van der Waals surface area contributed by atoms with Gasteiger partial charge in [-0.1, -0.05) is 6.92 Å². The molecule has 2 atom stereocenters. The van der Waals surface area contributed by atoms with Crippen LogP contribution < -0.4 is 21.7 Å². The molecule has 5 N–H and O–H groups in total. The van der Waals surface area contributed by atoms with Crippen LogP contribution in [0.4, 0.5) is 0 Å². The lowest BCUT2D eigenvalue weighted by molar-refractivity contribution is -0.136. The normalized spacial score (nSPS) is 16.9. The highest BCUT2D eigenvalue weighted by atomic mass is 32.1. The highest BCUT2D eigenvalue weighted by molar-refractivity contribution is 7.80. The molecule has 0 saturated carbocycles. The Labute approximate surface area is 131 Å². The number of nitrogens with two attached hydrogens (primary N) is 1. The van der Waals surface area contributed by atoms with Crippen molar-refractivity contribution in [1.29, 1.82) is 0 Å². The van der Waals surface area contributed by atoms with Gasteiger partial charge in [-0.05, 0) is 26.1 Å². The molecular weight excluding hydrogens is 296 g/mol. The molecule has 0 spiro atoms. The molecule has 2 amide bonds. The van der Waals surface area contributed by atoms with Gasteiger partial charge in [-0.25, -0.2) is 0 Å². The third-order valence-electron chi connectivity index (χ3n) is 2.97. The van der Waals surface area contributed by atoms with Crippen molar-refractivity contribution in [2.45, 2.75) is 38.4 Å². The van der Waals surface area contributed by atoms with E-state index in [2.05, 4.69) is 41.2 Å². The monoisotopic (exact) mass is 322 g/mol. The van der Waals surface area contributed by atoms with Gasteiger partial charge in [0.15, 0.2) is 5.66 Å². The Bertz CT molecular complexity index is 343. The second-order valence-electron chi connectivity index (χ2n) is 4.78. The standard InChI is InChI=1S/C12H26N4O2S2/c1-4-14-10(18)12(13,6-7-19)16-9(17)11(3,8-20)15-5-2/h15,19-20H,4-8,13H2,1-3H3,(H,14,18)(H,16,17)/t11-,12?/m0/s1. The minimum Gasteiger partial charge on any atom is -0.353 e. The van der Waals surface area contributed by atoms with E-state index in [4.69, 9.17) is 5.73 Å². The second-order valence-corrected chi connectivity index (χ2v) is 5.54. The molecule has 0 aromatic heterocycles. The van der Waals surface area contributed by atoms with E-state index < -0.39 is 17.1 Å². The Balaban J connectivity index is 5.07. The van der Waals surface area contributed by atoms with Crippen molar-refractivity contribution in [3.8, 4) is 0 Å². The number of thiol groups is 2. The molecule has 0 fully saturated rings. The number of amides is 2. The third-order valence-corrected chi connectivity index (χ3v) is 3.83. The van der Waals surface area contributed by atoms with Crippen LogP contribution in [0.2, 0.25) is 0 Å². The highest BCUT2D eigenvalue weighted by Gasteiger charge is 2.40. The predicted molar refractivity (Wildman–Crippen MR) is 88.1 cm³/mol. The summed E-state index contributed by atoms with van der Waals surface area (Å²) in [6.45, 7) is 6.45. The lowest BCUT2D eigenvalue weighted by atomic mass is 10.0. The topological polar surface area (TPSA) is 96.2 Å². The molecule has 20 heavy (non-hydrogen) atoms. The first-order valence-electron chi connectivity index (χ1n) is 6.66. The first-order valence-corrected chi connectivity index (χ1v) is 7.92. The molecule has 6 nitrogen and oxygen atoms in total. The van der Waals surface area contributed by atoms with Crippen LogP contribution in [-0.2, 0) is 9.59 Å². The molecule has 0 aliphatic carbocycles. The highest BCUT2D eigenvalue weighted by Crippen LogP contribution is 2.11. The zero-order valence-corrected chi connectivity index (χ0v) is 14.1. The SMILES string of the molecule is CCNC(=O)C(N)(CCS)NC(=O)[C@](C)(CS)NCC. The summed E-state index contributed by atoms with van der Waals surface area (Å²) in [6, 6.07) is 0. The summed E-state index contributed by atoms with van der Waals surface area (Å²) in [6.07, 6.45) is 0.239. The number of rotatable bonds is 9. The van der Waals surface area contributed by atoms with Crippen molar-refractivity contribution in [1.82, 2.24) is 16.0 Å². The van der Waals surface area contributed by atoms with Crippen LogP contribution in [0, 0.1) is 0 Å². The van der Waals surface area contributed by atoms with Crippen molar-refractivity contribution in [2.75, 3.05) is 24.6 Å². The van der Waals surface area contributed by atoms with E-state index in [1.165, 1.54) is 0 Å². The van der Waals surface area contributed by atoms with Crippen LogP contribution in [-0.4, -0.2) is 47.6 Å². The maximum atomic E-state index is 12.4. The van der Waals surface area contributed by atoms with Gasteiger partial charge in [0.1, 0.15) is 5.54 Å². The van der Waals surface area contributed by atoms with Gasteiger partial charge in [0.05, 0.1) is 0 Å². The zero-order valence-electron chi connectivity index (χ0n) is 12.3. The summed E-state index contributed by atoms with van der Waals surface area (Å²) in [5, 5.41) is 8.30. The van der Waals surface area contributed by atoms with Gasteiger partial charge in [0, 0.05) is 18.7 Å². The van der Waals surface area contributed by atoms with Crippen molar-refractivity contribution in [3.63, 3.8) is 0 Å². The molecule has 0 aliphatic heterocycles. The molecule has 0 saturated heterocycles. The van der Waals surface area contributed by atoms with Gasteiger partial charge in [-0.2, -0.15) is 25.3 Å². The van der Waals surface area contributed by atoms with E-state index in [-0.39, 0.29) is 12.3 Å². The number of nitrogens with one attached hydrogen (secondary N) is 3. The van der Waals surface area contributed by atoms with Gasteiger partial charge in [0.2, 0.25) is 5.91 Å². The van der Waals surface area contributed by atoms with Crippen LogP contribution in [0.1, 0.15) is 27.2 Å². The molecule has 0 aliphatic rings. The fourth-order valence-corrected chi connectivity index (χ4v) is 2.27. The molecule has 118 valence electrons. The average Bonchev–Trinajstić information content (AvgIpc) is 2.39. The fraction of sp³-hybridized carbons (Fsp3) is 0.833. The Kier molecular flexibility index (Phi) is 8.57. The predicted octanol–water partition coefficient (Wildman–Crippen LogP) is -0.488. The summed E-state index contributed by atoms with van der Waals surface area (Å²) in [5.74, 6) is -0.101. The van der Waals surface area contributed by atoms with E-state index in [1.54, 1.807) is 13.8 Å². The first kappa shape index (κ1) is 19.6. The number of hydrogen-bond donors (Lipinski definition) is 6. The quantitative estimate of drug-likeness (QED) is 0.255. The van der Waals surface area contributed by atoms with Crippen LogP contribution in [0.15, 0.2) is 0 Å². The maximum absolute atomic E-state index is 12.4. The molecule has 0 rings (SSSR count). The van der Waals surface area contributed by atoms with Crippen LogP contribution >= 0.6 is 25.3 Å². The summed E-state index contributed by atoms with van der Waals surface area (Å²) in [5.41, 5.74) is 3.69. The van der Waals surface area contributed by atoms with Crippen molar-refractivity contribution < 1.29 is 9.59 Å². The number of hydrogen-bond acceptors (Lipinski definition) is 6. The first-order chi connectivity index (χ1) is 9.29. The van der Waals surface area contributed by atoms with E-state index in [0.717, 1.165) is 0 Å². The van der Waals surface area contributed by atoms with Gasteiger partial charge < -0.3 is 21.7 Å². The molecule has 0 bridgehead atoms. The van der Waals surface area contributed by atoms with E-state index >= 15 is 0 Å². The van der Waals surface area contributed by atoms with E-state index in [9.17, 15) is 9.59 Å². The van der Waals surface area contributed by atoms with Gasteiger partial charge >= 0.3 is 0 Å². The maximum Gasteiger partial charge on any atom is 0.260 e. The summed E-state index contributed by atoms with van der Waals surface area (Å²) in [7, 11) is 0. The van der Waals surface area contributed by atoms with Gasteiger partial charge in [-0.15, -0.1) is 0 Å². The molecule has 8 heteroatoms. The van der Waals surface area contributed by atoms with Crippen LogP contribution in [0.3, 0.4) is 0 Å². The largest absolute Gasteiger partial charge is 0.353 e. The van der Waals surface area contributed by atoms with Crippen LogP contribution in [0.5, 0.6) is 0 Å². The molecule has 0 heterocycles. The summed E-state index contributed by atoms with van der Waals surface area (Å²) >= 11 is 8.28. The zero-order chi connectivity index (χ0) is 15.8. The van der Waals surface area contributed by atoms with Gasteiger partial charge in [-0.3, -0.25) is 9.59 Å². The van der Waals surface area contributed by atoms with Crippen molar-refractivity contribution in [2.24, 2.45) is 5.73 Å². The minimum atomic E-state index is -1.46. The summed E-state index contributed by atoms with van der Waals surface area (Å²) < 4.78 is 0. The molecule has 0 aromatic carbocycles. The van der Waals surface area contributed by atoms with Crippen LogP contribution in [0.25, 0.3) is 0 Å². The molecule has 1 unspecified atom stereocenters. The summed E-state index contributed by atoms with van der Waals surface area (Å²) in [4.78, 5) is 24.4. The number of carbonyl (C=O) groups excluding carboxylic acids is 2. The van der Waals surface area contributed by atoms with E-state index in [0.29, 0.717) is 24.6 Å². The van der Waals surface area contributed by atoms with Gasteiger partial charge in [0.25, 0.3) is 5.91 Å². The molecular formula is C12H26N4O2S2. The lowest BCUT2D eigenvalue weighted by Crippen LogP contribution is -2.70. The minimum absolute atomic E-state index is 0.239. The Hall–Kier alpha value is -0.440. The van der Waals surface area contributed by atoms with Crippen molar-refractivity contribution >= 4 is 37.1 Å². The second kappa shape index (κ2) is 8.76. The van der Waals surface area contributed by atoms with Crippen molar-refractivity contribution in [3.05, 3.63) is 0 Å². The molecule has 0 radical (unpaired) electrons. The number of likely N-dealkylation sites (N-methyl/N-ethyl adjacent to an activating group) is 2. The fourth-order valence-electron chi connectivity index (χ4n) is 1.67. The smallest absolute Gasteiger partial charge is 0.260 e. The number of carbonyl (C=O) groups is 2. The Morgan fingerprint density at radius 3 is 2.15 bits per heavy atom.